The zero-order valence-corrected chi connectivity index (χ0v) is 13.6. The Kier molecular flexibility index (Phi) is 4.46. The van der Waals surface area contributed by atoms with E-state index in [9.17, 15) is 19.8 Å². The number of hydrogen-bond acceptors (Lipinski definition) is 4. The summed E-state index contributed by atoms with van der Waals surface area (Å²) < 4.78 is 0.432. The molecule has 106 valence electrons. The minimum Gasteiger partial charge on any atom is -0.477 e. The Morgan fingerprint density at radius 2 is 2.21 bits per heavy atom. The first-order valence-corrected chi connectivity index (χ1v) is 8.32. The lowest BCUT2D eigenvalue weighted by atomic mass is 9.83. The highest BCUT2D eigenvalue weighted by Crippen LogP contribution is 2.47. The molecule has 7 heteroatoms. The lowest BCUT2D eigenvalue weighted by Crippen LogP contribution is -2.61. The van der Waals surface area contributed by atoms with Crippen LogP contribution in [0.2, 0.25) is 0 Å². The Morgan fingerprint density at radius 3 is 2.68 bits per heavy atom. The minimum atomic E-state index is -1.05. The van der Waals surface area contributed by atoms with E-state index in [4.69, 9.17) is 0 Å². The summed E-state index contributed by atoms with van der Waals surface area (Å²) in [6, 6.07) is -0.175. The maximum Gasteiger partial charge on any atom is 0.353 e. The van der Waals surface area contributed by atoms with Crippen molar-refractivity contribution < 1.29 is 19.8 Å². The molecule has 0 radical (unpaired) electrons. The van der Waals surface area contributed by atoms with E-state index < -0.39 is 18.0 Å². The molecule has 0 saturated carbocycles. The highest BCUT2D eigenvalue weighted by atomic mass is 127. The second-order valence-corrected chi connectivity index (χ2v) is 8.16. The van der Waals surface area contributed by atoms with E-state index in [1.807, 2.05) is 0 Å². The molecule has 2 rings (SSSR count). The van der Waals surface area contributed by atoms with Gasteiger partial charge in [-0.15, -0.1) is 11.8 Å². The molecule has 2 N–H and O–H groups in total. The van der Waals surface area contributed by atoms with Crippen LogP contribution in [0.1, 0.15) is 20.3 Å². The van der Waals surface area contributed by atoms with Gasteiger partial charge >= 0.3 is 5.97 Å². The SMILES string of the molecule is CC(I)CSC1=C(C(=O)O)N2C(=O)C(C(C)O)C2C1. The molecule has 0 aromatic carbocycles. The number of β-lactam (4-membered cyclic amide) rings is 1. The summed E-state index contributed by atoms with van der Waals surface area (Å²) in [4.78, 5) is 25.4. The second-order valence-electron chi connectivity index (χ2n) is 4.91. The van der Waals surface area contributed by atoms with Crippen LogP contribution in [-0.4, -0.2) is 48.8 Å². The maximum atomic E-state index is 11.9. The summed E-state index contributed by atoms with van der Waals surface area (Å²) in [6.07, 6.45) is -0.173. The van der Waals surface area contributed by atoms with Crippen molar-refractivity contribution in [2.45, 2.75) is 36.3 Å². The van der Waals surface area contributed by atoms with Crippen molar-refractivity contribution >= 4 is 46.2 Å². The van der Waals surface area contributed by atoms with Gasteiger partial charge in [0, 0.05) is 21.0 Å². The van der Waals surface area contributed by atoms with Gasteiger partial charge in [-0.3, -0.25) is 4.79 Å². The molecule has 0 aromatic rings. The molecule has 0 aromatic heterocycles. The molecule has 2 aliphatic heterocycles. The molecule has 2 aliphatic rings. The zero-order valence-electron chi connectivity index (χ0n) is 10.7. The number of fused-ring (bicyclic) bond motifs is 1. The van der Waals surface area contributed by atoms with Crippen molar-refractivity contribution in [2.24, 2.45) is 5.92 Å². The van der Waals surface area contributed by atoms with Crippen LogP contribution >= 0.6 is 34.4 Å². The Bertz CT molecular complexity index is 449. The van der Waals surface area contributed by atoms with Crippen LogP contribution in [0.15, 0.2) is 10.6 Å². The fourth-order valence-corrected chi connectivity index (χ4v) is 4.16. The van der Waals surface area contributed by atoms with Gasteiger partial charge in [0.15, 0.2) is 0 Å². The van der Waals surface area contributed by atoms with Crippen LogP contribution in [0, 0.1) is 5.92 Å². The summed E-state index contributed by atoms with van der Waals surface area (Å²) in [5.74, 6) is -0.954. The molecule has 1 saturated heterocycles. The largest absolute Gasteiger partial charge is 0.477 e. The number of carboxylic acids is 1. The van der Waals surface area contributed by atoms with Crippen LogP contribution < -0.4 is 0 Å². The Labute approximate surface area is 129 Å². The third kappa shape index (κ3) is 2.64. The van der Waals surface area contributed by atoms with Crippen LogP contribution in [0.4, 0.5) is 0 Å². The number of carboxylic acid groups (broad SMARTS) is 1. The van der Waals surface area contributed by atoms with Gasteiger partial charge in [-0.05, 0) is 6.92 Å². The maximum absolute atomic E-state index is 11.9. The summed E-state index contributed by atoms with van der Waals surface area (Å²) in [7, 11) is 0. The number of alkyl halides is 1. The van der Waals surface area contributed by atoms with Gasteiger partial charge in [0.2, 0.25) is 5.91 Å². The Hall–Kier alpha value is -0.280. The van der Waals surface area contributed by atoms with Gasteiger partial charge in [-0.1, -0.05) is 29.5 Å². The van der Waals surface area contributed by atoms with Crippen molar-refractivity contribution in [3.8, 4) is 0 Å². The molecular formula is C12H16INO4S. The van der Waals surface area contributed by atoms with Crippen molar-refractivity contribution in [2.75, 3.05) is 5.75 Å². The monoisotopic (exact) mass is 397 g/mol. The lowest BCUT2D eigenvalue weighted by Gasteiger charge is -2.44. The molecule has 2 heterocycles. The van der Waals surface area contributed by atoms with Crippen LogP contribution in [-0.2, 0) is 9.59 Å². The smallest absolute Gasteiger partial charge is 0.353 e. The fourth-order valence-electron chi connectivity index (χ4n) is 2.58. The van der Waals surface area contributed by atoms with Crippen molar-refractivity contribution in [3.63, 3.8) is 0 Å². The predicted molar refractivity (Wildman–Crippen MR) is 81.0 cm³/mol. The van der Waals surface area contributed by atoms with Gasteiger partial charge in [-0.25, -0.2) is 4.79 Å². The quantitative estimate of drug-likeness (QED) is 0.417. The first-order chi connectivity index (χ1) is 8.84. The van der Waals surface area contributed by atoms with E-state index in [0.29, 0.717) is 10.3 Å². The average Bonchev–Trinajstić information content (AvgIpc) is 2.60. The molecule has 4 unspecified atom stereocenters. The highest BCUT2D eigenvalue weighted by molar-refractivity contribution is 14.1. The number of hydrogen-bond donors (Lipinski definition) is 2. The van der Waals surface area contributed by atoms with E-state index in [0.717, 1.165) is 10.7 Å². The first kappa shape index (κ1) is 15.1. The summed E-state index contributed by atoms with van der Waals surface area (Å²) in [5, 5.41) is 18.9. The van der Waals surface area contributed by atoms with E-state index >= 15 is 0 Å². The number of nitrogens with zero attached hydrogens (tertiary/aromatic N) is 1. The first-order valence-electron chi connectivity index (χ1n) is 6.09. The number of carbonyl (C=O) groups excluding carboxylic acids is 1. The number of aliphatic carboxylic acids is 1. The number of aliphatic hydroxyl groups excluding tert-OH is 1. The molecule has 1 amide bonds. The van der Waals surface area contributed by atoms with Gasteiger partial charge in [-0.2, -0.15) is 0 Å². The second kappa shape index (κ2) is 5.61. The van der Waals surface area contributed by atoms with E-state index in [1.165, 1.54) is 16.7 Å². The number of aliphatic hydroxyl groups is 1. The average molecular weight is 397 g/mol. The third-order valence-electron chi connectivity index (χ3n) is 3.38. The van der Waals surface area contributed by atoms with Crippen LogP contribution in [0.5, 0.6) is 0 Å². The third-order valence-corrected chi connectivity index (χ3v) is 5.79. The molecule has 0 spiro atoms. The van der Waals surface area contributed by atoms with Crippen molar-refractivity contribution in [1.82, 2.24) is 4.90 Å². The van der Waals surface area contributed by atoms with Crippen molar-refractivity contribution in [1.29, 1.82) is 0 Å². The van der Waals surface area contributed by atoms with Gasteiger partial charge in [0.1, 0.15) is 5.70 Å². The molecular weight excluding hydrogens is 381 g/mol. The number of amides is 1. The van der Waals surface area contributed by atoms with Gasteiger partial charge in [0.05, 0.1) is 18.1 Å². The number of rotatable bonds is 5. The lowest BCUT2D eigenvalue weighted by molar-refractivity contribution is -0.161. The molecule has 0 aliphatic carbocycles. The zero-order chi connectivity index (χ0) is 14.3. The van der Waals surface area contributed by atoms with Crippen LogP contribution in [0.3, 0.4) is 0 Å². The fraction of sp³-hybridized carbons (Fsp3) is 0.667. The van der Waals surface area contributed by atoms with Gasteiger partial charge < -0.3 is 15.1 Å². The Morgan fingerprint density at radius 1 is 1.58 bits per heavy atom. The molecule has 4 atom stereocenters. The molecule has 0 bridgehead atoms. The molecule has 19 heavy (non-hydrogen) atoms. The molecule has 1 fully saturated rings. The highest BCUT2D eigenvalue weighted by Gasteiger charge is 2.56. The molecule has 5 nitrogen and oxygen atoms in total. The van der Waals surface area contributed by atoms with Crippen molar-refractivity contribution in [3.05, 3.63) is 10.6 Å². The normalized spacial score (nSPS) is 29.1. The number of halogens is 1. The van der Waals surface area contributed by atoms with E-state index in [-0.39, 0.29) is 17.6 Å². The number of carbonyl (C=O) groups is 2. The van der Waals surface area contributed by atoms with E-state index in [2.05, 4.69) is 29.5 Å². The standard InChI is InChI=1S/C12H16INO4S/c1-5(13)4-19-8-3-7-9(6(2)15)11(16)14(7)10(8)12(17)18/h5-7,9,15H,3-4H2,1-2H3,(H,17,18). The summed E-state index contributed by atoms with van der Waals surface area (Å²) in [6.45, 7) is 3.64. The minimum absolute atomic E-state index is 0.119. The van der Waals surface area contributed by atoms with Gasteiger partial charge in [0.25, 0.3) is 0 Å². The van der Waals surface area contributed by atoms with Crippen LogP contribution in [0.25, 0.3) is 0 Å². The summed E-state index contributed by atoms with van der Waals surface area (Å²) in [5.41, 5.74) is 0.119. The number of thioether (sulfide) groups is 1. The predicted octanol–water partition coefficient (Wildman–Crippen LogP) is 1.45. The van der Waals surface area contributed by atoms with E-state index in [1.54, 1.807) is 6.92 Å². The Balaban J connectivity index is 2.19. The summed E-state index contributed by atoms with van der Waals surface area (Å²) >= 11 is 3.79. The topological polar surface area (TPSA) is 77.8 Å².